The van der Waals surface area contributed by atoms with E-state index in [1.165, 1.54) is 173 Å². The number of hydrogen-bond donors (Lipinski definition) is 4. The Morgan fingerprint density at radius 1 is 0.472 bits per heavy atom. The van der Waals surface area contributed by atoms with Gasteiger partial charge in [-0.15, -0.1) is 0 Å². The zero-order valence-corrected chi connectivity index (χ0v) is 35.4. The Morgan fingerprint density at radius 3 is 1.23 bits per heavy atom. The predicted molar refractivity (Wildman–Crippen MR) is 231 cm³/mol. The van der Waals surface area contributed by atoms with Crippen LogP contribution in [0.3, 0.4) is 0 Å². The van der Waals surface area contributed by atoms with E-state index < -0.39 is 24.2 Å². The molecule has 0 heterocycles. The van der Waals surface area contributed by atoms with Crippen molar-refractivity contribution in [1.82, 2.24) is 5.32 Å². The number of carbonyl (C=O) groups is 1. The van der Waals surface area contributed by atoms with E-state index in [0.717, 1.165) is 44.9 Å². The fourth-order valence-electron chi connectivity index (χ4n) is 7.04. The van der Waals surface area contributed by atoms with Gasteiger partial charge in [-0.2, -0.15) is 0 Å². The molecule has 0 fully saturated rings. The second-order valence-electron chi connectivity index (χ2n) is 16.0. The van der Waals surface area contributed by atoms with Crippen molar-refractivity contribution < 1.29 is 20.1 Å². The maximum atomic E-state index is 12.5. The van der Waals surface area contributed by atoms with Gasteiger partial charge in [0.05, 0.1) is 18.8 Å². The molecule has 3 atom stereocenters. The van der Waals surface area contributed by atoms with Crippen LogP contribution in [-0.2, 0) is 4.79 Å². The first-order valence-electron chi connectivity index (χ1n) is 23.3. The zero-order valence-electron chi connectivity index (χ0n) is 35.4. The van der Waals surface area contributed by atoms with Gasteiger partial charge in [0.1, 0.15) is 6.10 Å². The summed E-state index contributed by atoms with van der Waals surface area (Å²) < 4.78 is 0. The summed E-state index contributed by atoms with van der Waals surface area (Å²) in [6.45, 7) is 4.16. The lowest BCUT2D eigenvalue weighted by atomic mass is 10.0. The molecule has 0 aromatic rings. The second-order valence-corrected chi connectivity index (χ2v) is 16.0. The van der Waals surface area contributed by atoms with E-state index in [-0.39, 0.29) is 6.61 Å². The maximum Gasteiger partial charge on any atom is 0.249 e. The van der Waals surface area contributed by atoms with E-state index in [1.807, 2.05) is 6.08 Å². The Labute approximate surface area is 330 Å². The number of allylic oxidation sites excluding steroid dienone is 5. The first-order chi connectivity index (χ1) is 26.1. The molecule has 0 saturated heterocycles. The summed E-state index contributed by atoms with van der Waals surface area (Å²) >= 11 is 0. The van der Waals surface area contributed by atoms with E-state index in [4.69, 9.17) is 0 Å². The maximum absolute atomic E-state index is 12.5. The van der Waals surface area contributed by atoms with Gasteiger partial charge in [-0.25, -0.2) is 0 Å². The van der Waals surface area contributed by atoms with E-state index in [9.17, 15) is 20.1 Å². The third kappa shape index (κ3) is 38.6. The summed E-state index contributed by atoms with van der Waals surface area (Å²) in [5.41, 5.74) is 0. The van der Waals surface area contributed by atoms with Crippen LogP contribution in [-0.4, -0.2) is 46.1 Å². The number of amides is 1. The highest BCUT2D eigenvalue weighted by atomic mass is 16.3. The van der Waals surface area contributed by atoms with Crippen LogP contribution in [0.5, 0.6) is 0 Å². The number of rotatable bonds is 42. The molecule has 0 aliphatic carbocycles. The van der Waals surface area contributed by atoms with Crippen molar-refractivity contribution in [2.24, 2.45) is 0 Å². The average Bonchev–Trinajstić information content (AvgIpc) is 3.16. The number of hydrogen-bond acceptors (Lipinski definition) is 4. The van der Waals surface area contributed by atoms with Crippen molar-refractivity contribution in [2.75, 3.05) is 6.61 Å². The number of aliphatic hydroxyl groups is 3. The molecule has 5 nitrogen and oxygen atoms in total. The van der Waals surface area contributed by atoms with Crippen LogP contribution in [0.4, 0.5) is 0 Å². The van der Waals surface area contributed by atoms with E-state index >= 15 is 0 Å². The number of unbranched alkanes of at least 4 members (excludes halogenated alkanes) is 30. The highest BCUT2D eigenvalue weighted by Gasteiger charge is 2.22. The zero-order chi connectivity index (χ0) is 38.7. The SMILES string of the molecule is CCCCC/C=C\C/C=C\CCCCCCCCC(O)C(=O)NC(CO)C(O)/C=C/CCCCCCCCCCCCCCCCCCCCCCC. The molecule has 0 aliphatic heterocycles. The van der Waals surface area contributed by atoms with E-state index in [1.54, 1.807) is 6.08 Å². The van der Waals surface area contributed by atoms with Crippen molar-refractivity contribution in [2.45, 2.75) is 257 Å². The van der Waals surface area contributed by atoms with Gasteiger partial charge in [0.2, 0.25) is 5.91 Å². The third-order valence-corrected chi connectivity index (χ3v) is 10.7. The fourth-order valence-corrected chi connectivity index (χ4v) is 7.04. The Hall–Kier alpha value is -1.43. The Morgan fingerprint density at radius 2 is 0.811 bits per heavy atom. The lowest BCUT2D eigenvalue weighted by molar-refractivity contribution is -0.131. The van der Waals surface area contributed by atoms with Crippen molar-refractivity contribution in [3.63, 3.8) is 0 Å². The molecule has 0 aromatic carbocycles. The molecule has 0 rings (SSSR count). The molecule has 5 heteroatoms. The minimum Gasteiger partial charge on any atom is -0.394 e. The molecule has 4 N–H and O–H groups in total. The molecule has 53 heavy (non-hydrogen) atoms. The highest BCUT2D eigenvalue weighted by Crippen LogP contribution is 2.16. The normalized spacial score (nSPS) is 13.8. The first kappa shape index (κ1) is 51.6. The summed E-state index contributed by atoms with van der Waals surface area (Å²) in [4.78, 5) is 12.5. The molecule has 0 saturated carbocycles. The smallest absolute Gasteiger partial charge is 0.249 e. The minimum atomic E-state index is -1.11. The van der Waals surface area contributed by atoms with Crippen LogP contribution in [0.1, 0.15) is 239 Å². The van der Waals surface area contributed by atoms with Gasteiger partial charge < -0.3 is 20.6 Å². The summed E-state index contributed by atoms with van der Waals surface area (Å²) in [7, 11) is 0. The van der Waals surface area contributed by atoms with Crippen LogP contribution in [0, 0.1) is 0 Å². The van der Waals surface area contributed by atoms with Gasteiger partial charge in [0, 0.05) is 0 Å². The minimum absolute atomic E-state index is 0.367. The van der Waals surface area contributed by atoms with Gasteiger partial charge in [-0.05, 0) is 51.4 Å². The van der Waals surface area contributed by atoms with Crippen LogP contribution in [0.15, 0.2) is 36.5 Å². The van der Waals surface area contributed by atoms with Crippen LogP contribution in [0.25, 0.3) is 0 Å². The summed E-state index contributed by atoms with van der Waals surface area (Å²) in [5, 5.41) is 33.2. The Kier molecular flexibility index (Phi) is 42.1. The molecule has 312 valence electrons. The number of carbonyl (C=O) groups excluding carboxylic acids is 1. The van der Waals surface area contributed by atoms with Gasteiger partial charge >= 0.3 is 0 Å². The predicted octanol–water partition coefficient (Wildman–Crippen LogP) is 13.5. The van der Waals surface area contributed by atoms with Crippen molar-refractivity contribution in [3.8, 4) is 0 Å². The van der Waals surface area contributed by atoms with E-state index in [2.05, 4.69) is 43.5 Å². The first-order valence-corrected chi connectivity index (χ1v) is 23.3. The molecule has 3 unspecified atom stereocenters. The van der Waals surface area contributed by atoms with Crippen molar-refractivity contribution in [1.29, 1.82) is 0 Å². The van der Waals surface area contributed by atoms with Crippen LogP contribution >= 0.6 is 0 Å². The lowest BCUT2D eigenvalue weighted by Gasteiger charge is -2.21. The van der Waals surface area contributed by atoms with Crippen molar-refractivity contribution in [3.05, 3.63) is 36.5 Å². The molecule has 0 radical (unpaired) electrons. The quantitative estimate of drug-likeness (QED) is 0.0370. The van der Waals surface area contributed by atoms with Gasteiger partial charge in [-0.3, -0.25) is 4.79 Å². The topological polar surface area (TPSA) is 89.8 Å². The standard InChI is InChI=1S/C48H91NO4/c1-3-5-7-9-11-13-15-17-19-21-22-23-24-25-26-27-29-30-32-34-36-38-40-42-46(51)45(44-50)49-48(53)47(52)43-41-39-37-35-33-31-28-20-18-16-14-12-10-8-6-4-2/h12,14,18,20,40,42,45-47,50-52H,3-11,13,15-17,19,21-39,41,43-44H2,1-2H3,(H,49,53)/b14-12-,20-18-,42-40+. The van der Waals surface area contributed by atoms with Gasteiger partial charge in [-0.1, -0.05) is 224 Å². The third-order valence-electron chi connectivity index (χ3n) is 10.7. The number of nitrogens with one attached hydrogen (secondary N) is 1. The highest BCUT2D eigenvalue weighted by molar-refractivity contribution is 5.80. The number of aliphatic hydroxyl groups excluding tert-OH is 3. The molecular formula is C48H91NO4. The molecular weight excluding hydrogens is 655 g/mol. The lowest BCUT2D eigenvalue weighted by Crippen LogP contribution is -2.48. The molecule has 0 bridgehead atoms. The fraction of sp³-hybridized carbons (Fsp3) is 0.854. The molecule has 1 amide bonds. The summed E-state index contributed by atoms with van der Waals surface area (Å²) in [6, 6.07) is -0.802. The second kappa shape index (κ2) is 43.3. The molecule has 0 aliphatic rings. The van der Waals surface area contributed by atoms with E-state index in [0.29, 0.717) is 6.42 Å². The summed E-state index contributed by atoms with van der Waals surface area (Å²) in [5.74, 6) is -0.511. The largest absolute Gasteiger partial charge is 0.394 e. The molecule has 0 aromatic heterocycles. The Balaban J connectivity index is 3.65. The monoisotopic (exact) mass is 746 g/mol. The Bertz CT molecular complexity index is 824. The van der Waals surface area contributed by atoms with Gasteiger partial charge in [0.25, 0.3) is 0 Å². The molecule has 0 spiro atoms. The van der Waals surface area contributed by atoms with Crippen LogP contribution < -0.4 is 5.32 Å². The average molecular weight is 746 g/mol. The van der Waals surface area contributed by atoms with Crippen LogP contribution in [0.2, 0.25) is 0 Å². The van der Waals surface area contributed by atoms with Crippen molar-refractivity contribution >= 4 is 5.91 Å². The summed E-state index contributed by atoms with van der Waals surface area (Å²) in [6.07, 6.45) is 54.7. The van der Waals surface area contributed by atoms with Gasteiger partial charge in [0.15, 0.2) is 0 Å².